The van der Waals surface area contributed by atoms with Gasteiger partial charge < -0.3 is 4.74 Å². The molecule has 0 bridgehead atoms. The number of hydrogen-bond acceptors (Lipinski definition) is 5. The summed E-state index contributed by atoms with van der Waals surface area (Å²) in [6.45, 7) is 3.77. The maximum absolute atomic E-state index is 11.7. The fourth-order valence-electron chi connectivity index (χ4n) is 2.85. The van der Waals surface area contributed by atoms with Crippen LogP contribution in [0.1, 0.15) is 26.2 Å². The SMILES string of the molecule is CCOC(=O)[C@@H]1CCCN(C2CCS(=O)(=O)C2)C1. The third-order valence-corrected chi connectivity index (χ3v) is 5.55. The molecule has 2 aliphatic heterocycles. The van der Waals surface area contributed by atoms with Crippen molar-refractivity contribution in [2.24, 2.45) is 5.92 Å². The Kier molecular flexibility index (Phi) is 4.27. The molecule has 0 saturated carbocycles. The fraction of sp³-hybridized carbons (Fsp3) is 0.917. The standard InChI is InChI=1S/C12H21NO4S/c1-2-17-12(14)10-4-3-6-13(8-10)11-5-7-18(15,16)9-11/h10-11H,2-9H2,1H3/t10-,11?/m1/s1. The molecule has 0 aliphatic carbocycles. The molecule has 0 aromatic carbocycles. The number of carbonyl (C=O) groups is 1. The van der Waals surface area contributed by atoms with E-state index in [9.17, 15) is 13.2 Å². The Labute approximate surface area is 108 Å². The van der Waals surface area contributed by atoms with Crippen LogP contribution in [0.25, 0.3) is 0 Å². The van der Waals surface area contributed by atoms with Crippen LogP contribution >= 0.6 is 0 Å². The number of hydrogen-bond donors (Lipinski definition) is 0. The van der Waals surface area contributed by atoms with Gasteiger partial charge in [0.25, 0.3) is 0 Å². The third kappa shape index (κ3) is 3.23. The van der Waals surface area contributed by atoms with Crippen molar-refractivity contribution in [3.05, 3.63) is 0 Å². The predicted molar refractivity (Wildman–Crippen MR) is 68.0 cm³/mol. The molecule has 104 valence electrons. The van der Waals surface area contributed by atoms with E-state index in [1.165, 1.54) is 0 Å². The summed E-state index contributed by atoms with van der Waals surface area (Å²) in [5.41, 5.74) is 0. The summed E-state index contributed by atoms with van der Waals surface area (Å²) in [4.78, 5) is 13.9. The van der Waals surface area contributed by atoms with Gasteiger partial charge in [-0.25, -0.2) is 8.42 Å². The molecule has 2 aliphatic rings. The molecule has 0 amide bonds. The van der Waals surface area contributed by atoms with E-state index < -0.39 is 9.84 Å². The normalized spacial score (nSPS) is 32.3. The molecule has 0 N–H and O–H groups in total. The van der Waals surface area contributed by atoms with E-state index in [0.717, 1.165) is 19.4 Å². The predicted octanol–water partition coefficient (Wildman–Crippen LogP) is 0.449. The van der Waals surface area contributed by atoms with E-state index in [1.54, 1.807) is 0 Å². The van der Waals surface area contributed by atoms with Crippen molar-refractivity contribution in [1.29, 1.82) is 0 Å². The molecule has 2 atom stereocenters. The van der Waals surface area contributed by atoms with E-state index in [4.69, 9.17) is 4.74 Å². The van der Waals surface area contributed by atoms with Crippen LogP contribution in [0.2, 0.25) is 0 Å². The molecular formula is C12H21NO4S. The van der Waals surface area contributed by atoms with Gasteiger partial charge in [-0.1, -0.05) is 0 Å². The van der Waals surface area contributed by atoms with Crippen LogP contribution in [0.15, 0.2) is 0 Å². The van der Waals surface area contributed by atoms with Gasteiger partial charge >= 0.3 is 5.97 Å². The first-order chi connectivity index (χ1) is 8.52. The molecule has 0 spiro atoms. The minimum Gasteiger partial charge on any atom is -0.466 e. The summed E-state index contributed by atoms with van der Waals surface area (Å²) in [7, 11) is -2.85. The Hall–Kier alpha value is -0.620. The van der Waals surface area contributed by atoms with Gasteiger partial charge in [-0.15, -0.1) is 0 Å². The lowest BCUT2D eigenvalue weighted by atomic mass is 9.96. The van der Waals surface area contributed by atoms with Gasteiger partial charge in [0.1, 0.15) is 0 Å². The van der Waals surface area contributed by atoms with Gasteiger partial charge in [-0.2, -0.15) is 0 Å². The molecule has 18 heavy (non-hydrogen) atoms. The Morgan fingerprint density at radius 3 is 2.78 bits per heavy atom. The average molecular weight is 275 g/mol. The molecule has 2 heterocycles. The van der Waals surface area contributed by atoms with Crippen molar-refractivity contribution in [1.82, 2.24) is 4.90 Å². The first kappa shape index (κ1) is 13.8. The average Bonchev–Trinajstić information content (AvgIpc) is 2.70. The highest BCUT2D eigenvalue weighted by molar-refractivity contribution is 7.91. The molecule has 6 heteroatoms. The van der Waals surface area contributed by atoms with Crippen molar-refractivity contribution in [3.8, 4) is 0 Å². The monoisotopic (exact) mass is 275 g/mol. The van der Waals surface area contributed by atoms with Crippen molar-refractivity contribution >= 4 is 15.8 Å². The number of rotatable bonds is 3. The lowest BCUT2D eigenvalue weighted by molar-refractivity contribution is -0.150. The van der Waals surface area contributed by atoms with Gasteiger partial charge in [0, 0.05) is 12.6 Å². The number of likely N-dealkylation sites (tertiary alicyclic amines) is 1. The Morgan fingerprint density at radius 2 is 2.17 bits per heavy atom. The zero-order valence-corrected chi connectivity index (χ0v) is 11.6. The smallest absolute Gasteiger partial charge is 0.310 e. The lowest BCUT2D eigenvalue weighted by Gasteiger charge is -2.35. The second-order valence-electron chi connectivity index (χ2n) is 5.14. The Balaban J connectivity index is 1.93. The molecule has 0 aromatic heterocycles. The summed E-state index contributed by atoms with van der Waals surface area (Å²) in [6.07, 6.45) is 2.51. The van der Waals surface area contributed by atoms with Crippen LogP contribution in [-0.2, 0) is 19.4 Å². The third-order valence-electron chi connectivity index (χ3n) is 3.80. The summed E-state index contributed by atoms with van der Waals surface area (Å²) in [5, 5.41) is 0. The van der Waals surface area contributed by atoms with E-state index in [1.807, 2.05) is 6.92 Å². The quantitative estimate of drug-likeness (QED) is 0.700. The number of carbonyl (C=O) groups excluding carboxylic acids is 1. The number of esters is 1. The van der Waals surface area contributed by atoms with E-state index >= 15 is 0 Å². The topological polar surface area (TPSA) is 63.7 Å². The molecule has 2 saturated heterocycles. The second-order valence-corrected chi connectivity index (χ2v) is 7.37. The Bertz CT molecular complexity index is 406. The van der Waals surface area contributed by atoms with Gasteiger partial charge in [0.05, 0.1) is 24.0 Å². The number of ether oxygens (including phenoxy) is 1. The van der Waals surface area contributed by atoms with Gasteiger partial charge in [-0.3, -0.25) is 9.69 Å². The summed E-state index contributed by atoms with van der Waals surface area (Å²) in [6, 6.07) is 0.104. The van der Waals surface area contributed by atoms with Crippen molar-refractivity contribution in [2.45, 2.75) is 32.2 Å². The fourth-order valence-corrected chi connectivity index (χ4v) is 4.62. The van der Waals surface area contributed by atoms with Crippen molar-refractivity contribution in [3.63, 3.8) is 0 Å². The molecule has 2 fully saturated rings. The highest BCUT2D eigenvalue weighted by Gasteiger charge is 2.36. The van der Waals surface area contributed by atoms with Crippen molar-refractivity contribution in [2.75, 3.05) is 31.2 Å². The Morgan fingerprint density at radius 1 is 1.39 bits per heavy atom. The minimum absolute atomic E-state index is 0.0815. The maximum atomic E-state index is 11.7. The van der Waals surface area contributed by atoms with Crippen LogP contribution in [-0.4, -0.2) is 56.5 Å². The van der Waals surface area contributed by atoms with Crippen LogP contribution in [0.4, 0.5) is 0 Å². The lowest BCUT2D eigenvalue weighted by Crippen LogP contribution is -2.45. The molecule has 0 aromatic rings. The first-order valence-corrected chi connectivity index (χ1v) is 8.45. The summed E-state index contributed by atoms with van der Waals surface area (Å²) < 4.78 is 28.0. The van der Waals surface area contributed by atoms with Crippen LogP contribution in [0.3, 0.4) is 0 Å². The van der Waals surface area contributed by atoms with Gasteiger partial charge in [-0.05, 0) is 32.7 Å². The molecular weight excluding hydrogens is 254 g/mol. The number of piperidine rings is 1. The largest absolute Gasteiger partial charge is 0.466 e. The van der Waals surface area contributed by atoms with Crippen molar-refractivity contribution < 1.29 is 17.9 Å². The van der Waals surface area contributed by atoms with Crippen LogP contribution in [0, 0.1) is 5.92 Å². The van der Waals surface area contributed by atoms with E-state index in [0.29, 0.717) is 19.6 Å². The highest BCUT2D eigenvalue weighted by atomic mass is 32.2. The minimum atomic E-state index is -2.85. The summed E-state index contributed by atoms with van der Waals surface area (Å²) >= 11 is 0. The van der Waals surface area contributed by atoms with E-state index in [2.05, 4.69) is 4.90 Å². The second kappa shape index (κ2) is 5.57. The first-order valence-electron chi connectivity index (χ1n) is 6.63. The van der Waals surface area contributed by atoms with Crippen LogP contribution in [0.5, 0.6) is 0 Å². The van der Waals surface area contributed by atoms with Gasteiger partial charge in [0.2, 0.25) is 0 Å². The zero-order valence-electron chi connectivity index (χ0n) is 10.8. The number of sulfone groups is 1. The number of nitrogens with zero attached hydrogens (tertiary/aromatic N) is 1. The van der Waals surface area contributed by atoms with Gasteiger partial charge in [0.15, 0.2) is 9.84 Å². The zero-order chi connectivity index (χ0) is 13.2. The van der Waals surface area contributed by atoms with E-state index in [-0.39, 0.29) is 29.4 Å². The molecule has 0 radical (unpaired) electrons. The highest BCUT2D eigenvalue weighted by Crippen LogP contribution is 2.25. The summed E-state index contributed by atoms with van der Waals surface area (Å²) in [5.74, 6) is 0.325. The molecule has 2 rings (SSSR count). The van der Waals surface area contributed by atoms with Crippen LogP contribution < -0.4 is 0 Å². The molecule has 1 unspecified atom stereocenters. The molecule has 5 nitrogen and oxygen atoms in total. The maximum Gasteiger partial charge on any atom is 0.310 e.